The van der Waals surface area contributed by atoms with Crippen molar-refractivity contribution in [3.63, 3.8) is 0 Å². The van der Waals surface area contributed by atoms with Gasteiger partial charge in [-0.3, -0.25) is 4.79 Å². The van der Waals surface area contributed by atoms with Crippen LogP contribution in [0.2, 0.25) is 0 Å². The number of carbonyl (C=O) groups is 1. The van der Waals surface area contributed by atoms with Crippen molar-refractivity contribution in [2.24, 2.45) is 11.1 Å². The van der Waals surface area contributed by atoms with Gasteiger partial charge in [0, 0.05) is 6.42 Å². The molecule has 2 rings (SSSR count). The fraction of sp³-hybridized carbons (Fsp3) is 0.778. The molecule has 2 unspecified atom stereocenters. The van der Waals surface area contributed by atoms with Gasteiger partial charge in [0.2, 0.25) is 0 Å². The van der Waals surface area contributed by atoms with Crippen molar-refractivity contribution in [1.82, 2.24) is 0 Å². The summed E-state index contributed by atoms with van der Waals surface area (Å²) in [5.74, 6) is 0.295. The summed E-state index contributed by atoms with van der Waals surface area (Å²) >= 11 is 0. The van der Waals surface area contributed by atoms with Gasteiger partial charge in [-0.05, 0) is 26.2 Å². The highest BCUT2D eigenvalue weighted by Crippen LogP contribution is 2.28. The Kier molecular flexibility index (Phi) is 1.87. The van der Waals surface area contributed by atoms with E-state index in [4.69, 9.17) is 4.84 Å². The maximum Gasteiger partial charge on any atom is 0.145 e. The molecule has 1 aliphatic carbocycles. The van der Waals surface area contributed by atoms with Crippen LogP contribution < -0.4 is 0 Å². The lowest BCUT2D eigenvalue weighted by molar-refractivity contribution is -0.122. The molecule has 1 saturated carbocycles. The number of carbonyl (C=O) groups excluding carboxylic acids is 1. The Labute approximate surface area is 71.8 Å². The third-order valence-electron chi connectivity index (χ3n) is 2.66. The minimum Gasteiger partial charge on any atom is -0.391 e. The van der Waals surface area contributed by atoms with E-state index in [0.29, 0.717) is 12.2 Å². The van der Waals surface area contributed by atoms with Crippen LogP contribution in [0.5, 0.6) is 0 Å². The maximum absolute atomic E-state index is 11.5. The molecule has 1 fully saturated rings. The molecule has 0 aromatic carbocycles. The fourth-order valence-electron chi connectivity index (χ4n) is 2.00. The fourth-order valence-corrected chi connectivity index (χ4v) is 2.00. The van der Waals surface area contributed by atoms with E-state index in [-0.39, 0.29) is 12.0 Å². The molecule has 0 bridgehead atoms. The van der Waals surface area contributed by atoms with Crippen molar-refractivity contribution in [2.45, 2.75) is 38.7 Å². The predicted octanol–water partition coefficient (Wildman–Crippen LogP) is 1.52. The molecule has 0 aromatic heterocycles. The lowest BCUT2D eigenvalue weighted by Gasteiger charge is -2.11. The highest BCUT2D eigenvalue weighted by atomic mass is 16.6. The van der Waals surface area contributed by atoms with E-state index in [1.807, 2.05) is 6.92 Å². The Morgan fingerprint density at radius 1 is 1.50 bits per heavy atom. The molecular weight excluding hydrogens is 154 g/mol. The zero-order valence-electron chi connectivity index (χ0n) is 7.25. The van der Waals surface area contributed by atoms with Crippen molar-refractivity contribution in [3.8, 4) is 0 Å². The predicted molar refractivity (Wildman–Crippen MR) is 44.9 cm³/mol. The first-order valence-electron chi connectivity index (χ1n) is 4.52. The number of fused-ring (bicyclic) bond motifs is 1. The lowest BCUT2D eigenvalue weighted by atomic mass is 9.93. The van der Waals surface area contributed by atoms with Crippen LogP contribution in [0.1, 0.15) is 32.6 Å². The molecular formula is C9H13NO2. The summed E-state index contributed by atoms with van der Waals surface area (Å²) in [6.07, 6.45) is 3.85. The van der Waals surface area contributed by atoms with Crippen molar-refractivity contribution in [2.75, 3.05) is 0 Å². The summed E-state index contributed by atoms with van der Waals surface area (Å²) in [6.45, 7) is 1.88. The molecule has 2 atom stereocenters. The van der Waals surface area contributed by atoms with Gasteiger partial charge in [0.1, 0.15) is 11.9 Å². The number of ketones is 1. The van der Waals surface area contributed by atoms with Crippen LogP contribution in [-0.2, 0) is 9.63 Å². The Hall–Kier alpha value is -0.860. The molecule has 0 spiro atoms. The van der Waals surface area contributed by atoms with E-state index in [1.165, 1.54) is 0 Å². The van der Waals surface area contributed by atoms with Crippen molar-refractivity contribution < 1.29 is 9.63 Å². The number of nitrogens with zero attached hydrogens (tertiary/aromatic N) is 1. The van der Waals surface area contributed by atoms with Gasteiger partial charge >= 0.3 is 0 Å². The Bertz CT molecular complexity index is 235. The van der Waals surface area contributed by atoms with Crippen LogP contribution in [0.3, 0.4) is 0 Å². The number of oxime groups is 1. The first-order valence-corrected chi connectivity index (χ1v) is 4.52. The zero-order valence-corrected chi connectivity index (χ0v) is 7.25. The minimum atomic E-state index is -0.0208. The number of hydrogen-bond acceptors (Lipinski definition) is 3. The van der Waals surface area contributed by atoms with Crippen LogP contribution in [0.4, 0.5) is 0 Å². The molecule has 2 aliphatic rings. The highest BCUT2D eigenvalue weighted by Gasteiger charge is 2.38. The summed E-state index contributed by atoms with van der Waals surface area (Å²) in [5.41, 5.74) is 0.868. The van der Waals surface area contributed by atoms with Crippen molar-refractivity contribution in [1.29, 1.82) is 0 Å². The van der Waals surface area contributed by atoms with Gasteiger partial charge in [0.05, 0.1) is 11.6 Å². The molecule has 12 heavy (non-hydrogen) atoms. The van der Waals surface area contributed by atoms with Gasteiger partial charge in [-0.1, -0.05) is 5.16 Å². The van der Waals surface area contributed by atoms with Crippen molar-refractivity contribution >= 4 is 11.5 Å². The van der Waals surface area contributed by atoms with E-state index in [2.05, 4.69) is 5.16 Å². The Morgan fingerprint density at radius 2 is 2.33 bits per heavy atom. The second-order valence-electron chi connectivity index (χ2n) is 3.57. The van der Waals surface area contributed by atoms with Crippen molar-refractivity contribution in [3.05, 3.63) is 0 Å². The second kappa shape index (κ2) is 2.88. The molecule has 0 saturated heterocycles. The minimum absolute atomic E-state index is 0.0208. The SMILES string of the molecule is CC1=NOC2CCCCC(=O)C12. The Balaban J connectivity index is 2.20. The van der Waals surface area contributed by atoms with E-state index < -0.39 is 0 Å². The summed E-state index contributed by atoms with van der Waals surface area (Å²) < 4.78 is 0. The molecule has 0 aromatic rings. The third-order valence-corrected chi connectivity index (χ3v) is 2.66. The van der Waals surface area contributed by atoms with Crippen LogP contribution >= 0.6 is 0 Å². The van der Waals surface area contributed by atoms with E-state index in [1.54, 1.807) is 0 Å². The number of hydrogen-bond donors (Lipinski definition) is 0. The standard InChI is InChI=1S/C9H13NO2/c1-6-9-7(11)4-2-3-5-8(9)12-10-6/h8-9H,2-5H2,1H3. The molecule has 1 aliphatic heterocycles. The molecule has 0 amide bonds. The number of rotatable bonds is 0. The maximum atomic E-state index is 11.5. The molecule has 3 heteroatoms. The van der Waals surface area contributed by atoms with Gasteiger partial charge in [0.15, 0.2) is 0 Å². The van der Waals surface area contributed by atoms with Gasteiger partial charge in [0.25, 0.3) is 0 Å². The third kappa shape index (κ3) is 1.13. The van der Waals surface area contributed by atoms with Gasteiger partial charge in [-0.25, -0.2) is 0 Å². The van der Waals surface area contributed by atoms with Crippen LogP contribution in [0.25, 0.3) is 0 Å². The first-order chi connectivity index (χ1) is 5.79. The van der Waals surface area contributed by atoms with E-state index in [0.717, 1.165) is 25.0 Å². The molecule has 1 heterocycles. The normalized spacial score (nSPS) is 35.1. The van der Waals surface area contributed by atoms with Crippen LogP contribution in [-0.4, -0.2) is 17.6 Å². The highest BCUT2D eigenvalue weighted by molar-refractivity contribution is 6.05. The summed E-state index contributed by atoms with van der Waals surface area (Å²) in [4.78, 5) is 16.7. The summed E-state index contributed by atoms with van der Waals surface area (Å²) in [5, 5.41) is 3.87. The monoisotopic (exact) mass is 167 g/mol. The average Bonchev–Trinajstić information content (AvgIpc) is 2.29. The van der Waals surface area contributed by atoms with E-state index in [9.17, 15) is 4.79 Å². The van der Waals surface area contributed by atoms with Crippen LogP contribution in [0.15, 0.2) is 5.16 Å². The van der Waals surface area contributed by atoms with Gasteiger partial charge in [-0.2, -0.15) is 0 Å². The van der Waals surface area contributed by atoms with E-state index >= 15 is 0 Å². The molecule has 0 radical (unpaired) electrons. The topological polar surface area (TPSA) is 38.7 Å². The molecule has 3 nitrogen and oxygen atoms in total. The van der Waals surface area contributed by atoms with Crippen LogP contribution in [0, 0.1) is 5.92 Å². The second-order valence-corrected chi connectivity index (χ2v) is 3.57. The quantitative estimate of drug-likeness (QED) is 0.548. The smallest absolute Gasteiger partial charge is 0.145 e. The lowest BCUT2D eigenvalue weighted by Crippen LogP contribution is -2.28. The largest absolute Gasteiger partial charge is 0.391 e. The Morgan fingerprint density at radius 3 is 3.17 bits per heavy atom. The first kappa shape index (κ1) is 7.77. The average molecular weight is 167 g/mol. The summed E-state index contributed by atoms with van der Waals surface area (Å²) in [7, 11) is 0. The van der Waals surface area contributed by atoms with Gasteiger partial charge < -0.3 is 4.84 Å². The summed E-state index contributed by atoms with van der Waals surface area (Å²) in [6, 6.07) is 0. The molecule has 0 N–H and O–H groups in total. The molecule has 66 valence electrons. The van der Waals surface area contributed by atoms with Gasteiger partial charge in [-0.15, -0.1) is 0 Å². The number of Topliss-reactive ketones (excluding diaryl/α,β-unsaturated/α-hetero) is 1. The zero-order chi connectivity index (χ0) is 8.55.